The van der Waals surface area contributed by atoms with Crippen molar-refractivity contribution >= 4 is 22.7 Å². The molecule has 0 atom stereocenters. The molecular formula is C24H34F2N8. The number of halogens is 2. The van der Waals surface area contributed by atoms with E-state index in [9.17, 15) is 8.78 Å². The Kier molecular flexibility index (Phi) is 8.50. The zero-order valence-electron chi connectivity index (χ0n) is 19.9. The van der Waals surface area contributed by atoms with Crippen LogP contribution >= 0.6 is 0 Å². The fraction of sp³-hybridized carbons (Fsp3) is 0.458. The van der Waals surface area contributed by atoms with Crippen LogP contribution in [-0.4, -0.2) is 76.3 Å². The van der Waals surface area contributed by atoms with Crippen LogP contribution in [0, 0.1) is 23.0 Å². The summed E-state index contributed by atoms with van der Waals surface area (Å²) in [5.74, 6) is -0.769. The monoisotopic (exact) mass is 472 g/mol. The van der Waals surface area contributed by atoms with Crippen LogP contribution in [-0.2, 0) is 6.54 Å². The number of nitrogen functional groups attached to an aromatic ring is 2. The third-order valence-electron chi connectivity index (χ3n) is 6.42. The average molecular weight is 473 g/mol. The molecule has 0 saturated carbocycles. The van der Waals surface area contributed by atoms with Gasteiger partial charge in [-0.05, 0) is 38.4 Å². The summed E-state index contributed by atoms with van der Waals surface area (Å²) in [5.41, 5.74) is 18.9. The van der Waals surface area contributed by atoms with E-state index in [0.717, 1.165) is 52.4 Å². The molecule has 2 saturated heterocycles. The number of hydrogen-bond donors (Lipinski definition) is 3. The molecule has 34 heavy (non-hydrogen) atoms. The second-order valence-corrected chi connectivity index (χ2v) is 8.73. The van der Waals surface area contributed by atoms with E-state index in [1.807, 2.05) is 22.9 Å². The second-order valence-electron chi connectivity index (χ2n) is 8.73. The van der Waals surface area contributed by atoms with Crippen LogP contribution in [0.1, 0.15) is 11.1 Å². The predicted molar refractivity (Wildman–Crippen MR) is 134 cm³/mol. The average Bonchev–Trinajstić information content (AvgIpc) is 2.82. The Bertz CT molecular complexity index is 1020. The first-order valence-electron chi connectivity index (χ1n) is 11.4. The van der Waals surface area contributed by atoms with Gasteiger partial charge in [-0.25, -0.2) is 8.78 Å². The molecule has 8 nitrogen and oxygen atoms in total. The highest BCUT2D eigenvalue weighted by atomic mass is 19.1. The summed E-state index contributed by atoms with van der Waals surface area (Å²) < 4.78 is 28.3. The molecular weight excluding hydrogens is 438 g/mol. The van der Waals surface area contributed by atoms with Crippen LogP contribution in [0.3, 0.4) is 0 Å². The molecule has 10 heteroatoms. The first-order valence-corrected chi connectivity index (χ1v) is 11.4. The van der Waals surface area contributed by atoms with Crippen LogP contribution in [0.4, 0.5) is 31.5 Å². The van der Waals surface area contributed by atoms with Crippen LogP contribution in [0.25, 0.3) is 0 Å². The second kappa shape index (κ2) is 11.3. The van der Waals surface area contributed by atoms with Gasteiger partial charge in [-0.2, -0.15) is 5.26 Å². The van der Waals surface area contributed by atoms with E-state index in [0.29, 0.717) is 22.6 Å². The summed E-state index contributed by atoms with van der Waals surface area (Å²) in [4.78, 5) is 8.43. The number of likely N-dealkylation sites (N-methyl/N-ethyl adjacent to an activating group) is 2. The van der Waals surface area contributed by atoms with Crippen molar-refractivity contribution in [2.24, 2.45) is 5.73 Å². The molecule has 0 amide bonds. The van der Waals surface area contributed by atoms with Gasteiger partial charge in [0.05, 0.1) is 17.1 Å². The number of benzene rings is 2. The van der Waals surface area contributed by atoms with Gasteiger partial charge in [-0.1, -0.05) is 0 Å². The molecule has 2 aliphatic rings. The maximum absolute atomic E-state index is 14.2. The summed E-state index contributed by atoms with van der Waals surface area (Å²) in [5, 5.41) is 8.87. The predicted octanol–water partition coefficient (Wildman–Crippen LogP) is 1.65. The third kappa shape index (κ3) is 5.67. The van der Waals surface area contributed by atoms with Crippen molar-refractivity contribution < 1.29 is 8.78 Å². The van der Waals surface area contributed by atoms with Crippen molar-refractivity contribution in [1.29, 1.82) is 5.26 Å². The zero-order chi connectivity index (χ0) is 24.8. The van der Waals surface area contributed by atoms with Crippen LogP contribution in [0.2, 0.25) is 0 Å². The molecule has 0 bridgehead atoms. The zero-order valence-corrected chi connectivity index (χ0v) is 19.9. The van der Waals surface area contributed by atoms with Gasteiger partial charge in [-0.15, -0.1) is 0 Å². The van der Waals surface area contributed by atoms with Crippen LogP contribution in [0.15, 0.2) is 24.3 Å². The standard InChI is InChI=1S/C12H19FN4.C12H15FN4/c2*1-16-4-6-17(7-5-16)11-3-2-10(15)9(8-14)12(11)13/h2-3H,4-8,14-15H2,1H3;2-3H,4-7,15H2,1H3. The third-order valence-corrected chi connectivity index (χ3v) is 6.42. The van der Waals surface area contributed by atoms with Crippen molar-refractivity contribution in [2.45, 2.75) is 6.54 Å². The topological polar surface area (TPSA) is 115 Å². The Labute approximate surface area is 200 Å². The summed E-state index contributed by atoms with van der Waals surface area (Å²) in [6.45, 7) is 7.02. The molecule has 0 aliphatic carbocycles. The van der Waals surface area contributed by atoms with E-state index >= 15 is 0 Å². The lowest BCUT2D eigenvalue weighted by atomic mass is 10.1. The fourth-order valence-corrected chi connectivity index (χ4v) is 4.11. The first-order chi connectivity index (χ1) is 16.3. The summed E-state index contributed by atoms with van der Waals surface area (Å²) in [6.07, 6.45) is 0. The van der Waals surface area contributed by atoms with Crippen LogP contribution in [0.5, 0.6) is 0 Å². The maximum Gasteiger partial charge on any atom is 0.166 e. The van der Waals surface area contributed by atoms with Gasteiger partial charge in [0.1, 0.15) is 11.6 Å². The summed E-state index contributed by atoms with van der Waals surface area (Å²) in [6, 6.07) is 8.54. The van der Waals surface area contributed by atoms with Crippen molar-refractivity contribution in [3.05, 3.63) is 47.0 Å². The van der Waals surface area contributed by atoms with Crippen molar-refractivity contribution in [2.75, 3.05) is 87.7 Å². The highest BCUT2D eigenvalue weighted by Crippen LogP contribution is 2.28. The molecule has 2 aliphatic heterocycles. The van der Waals surface area contributed by atoms with E-state index in [4.69, 9.17) is 22.5 Å². The van der Waals surface area contributed by atoms with Crippen molar-refractivity contribution in [3.8, 4) is 6.07 Å². The Balaban J connectivity index is 0.000000191. The van der Waals surface area contributed by atoms with Crippen molar-refractivity contribution in [3.63, 3.8) is 0 Å². The first kappa shape index (κ1) is 25.5. The molecule has 4 rings (SSSR count). The lowest BCUT2D eigenvalue weighted by molar-refractivity contribution is 0.311. The number of nitrogens with zero attached hydrogens (tertiary/aromatic N) is 5. The van der Waals surface area contributed by atoms with Gasteiger partial charge in [0.25, 0.3) is 0 Å². The minimum absolute atomic E-state index is 0.0542. The minimum Gasteiger partial charge on any atom is -0.398 e. The Morgan fingerprint density at radius 3 is 1.65 bits per heavy atom. The molecule has 2 fully saturated rings. The molecule has 2 aromatic carbocycles. The van der Waals surface area contributed by atoms with Crippen LogP contribution < -0.4 is 27.0 Å². The van der Waals surface area contributed by atoms with E-state index in [2.05, 4.69) is 16.8 Å². The highest BCUT2D eigenvalue weighted by molar-refractivity contribution is 5.64. The number of rotatable bonds is 3. The number of hydrogen-bond acceptors (Lipinski definition) is 8. The molecule has 184 valence electrons. The quantitative estimate of drug-likeness (QED) is 0.578. The molecule has 0 spiro atoms. The molecule has 0 unspecified atom stereocenters. The molecule has 6 N–H and O–H groups in total. The normalized spacial score (nSPS) is 17.2. The van der Waals surface area contributed by atoms with E-state index in [1.165, 1.54) is 0 Å². The van der Waals surface area contributed by atoms with Gasteiger partial charge in [0.2, 0.25) is 0 Å². The fourth-order valence-electron chi connectivity index (χ4n) is 4.11. The SMILES string of the molecule is CN1CCN(c2ccc(N)c(C#N)c2F)CC1.CN1CCN(c2ccc(N)c(CN)c2F)CC1. The Hall–Kier alpha value is -3.13. The highest BCUT2D eigenvalue weighted by Gasteiger charge is 2.21. The van der Waals surface area contributed by atoms with Gasteiger partial charge >= 0.3 is 0 Å². The van der Waals surface area contributed by atoms with E-state index in [1.54, 1.807) is 24.3 Å². The Morgan fingerprint density at radius 1 is 0.765 bits per heavy atom. The lowest BCUT2D eigenvalue weighted by Crippen LogP contribution is -2.44. The summed E-state index contributed by atoms with van der Waals surface area (Å²) in [7, 11) is 4.11. The molecule has 2 aromatic rings. The minimum atomic E-state index is -0.503. The molecule has 0 aromatic heterocycles. The van der Waals surface area contributed by atoms with E-state index < -0.39 is 5.82 Å². The Morgan fingerprint density at radius 2 is 1.21 bits per heavy atom. The lowest BCUT2D eigenvalue weighted by Gasteiger charge is -2.34. The number of piperazine rings is 2. The van der Waals surface area contributed by atoms with Gasteiger partial charge in [0.15, 0.2) is 11.6 Å². The number of anilines is 4. The van der Waals surface area contributed by atoms with Gasteiger partial charge in [0, 0.05) is 70.2 Å². The van der Waals surface area contributed by atoms with Gasteiger partial charge in [-0.3, -0.25) is 0 Å². The maximum atomic E-state index is 14.2. The van der Waals surface area contributed by atoms with E-state index in [-0.39, 0.29) is 23.6 Å². The number of nitriles is 1. The molecule has 0 radical (unpaired) electrons. The van der Waals surface area contributed by atoms with Gasteiger partial charge < -0.3 is 36.8 Å². The number of nitrogens with two attached hydrogens (primary N) is 3. The van der Waals surface area contributed by atoms with Crippen molar-refractivity contribution in [1.82, 2.24) is 9.80 Å². The largest absolute Gasteiger partial charge is 0.398 e. The smallest absolute Gasteiger partial charge is 0.166 e. The molecule has 2 heterocycles. The summed E-state index contributed by atoms with van der Waals surface area (Å²) >= 11 is 0.